The van der Waals surface area contributed by atoms with Crippen LogP contribution in [0.5, 0.6) is 0 Å². The molecular weight excluding hydrogens is 286 g/mol. The highest BCUT2D eigenvalue weighted by atomic mass is 35.5. The van der Waals surface area contributed by atoms with Crippen LogP contribution >= 0.6 is 11.6 Å². The van der Waals surface area contributed by atoms with Crippen LogP contribution in [0.15, 0.2) is 36.7 Å². The molecule has 0 aliphatic carbocycles. The van der Waals surface area contributed by atoms with E-state index in [4.69, 9.17) is 11.6 Å². The van der Waals surface area contributed by atoms with Gasteiger partial charge in [-0.05, 0) is 25.1 Å². The molecule has 0 N–H and O–H groups in total. The standard InChI is InChI=1S/C15H14ClN5/c1-11(16)15-19-14-12(10-17)4-2-5-13(14)21(15)9-8-20-7-3-6-18-20/h2-7,11H,8-9H2,1H3. The van der Waals surface area contributed by atoms with Crippen LogP contribution in [0.25, 0.3) is 11.0 Å². The van der Waals surface area contributed by atoms with Crippen molar-refractivity contribution in [2.24, 2.45) is 0 Å². The molecule has 0 amide bonds. The van der Waals surface area contributed by atoms with Crippen molar-refractivity contribution < 1.29 is 0 Å². The van der Waals surface area contributed by atoms with Crippen LogP contribution < -0.4 is 0 Å². The Morgan fingerprint density at radius 1 is 1.33 bits per heavy atom. The van der Waals surface area contributed by atoms with Gasteiger partial charge in [0.2, 0.25) is 0 Å². The van der Waals surface area contributed by atoms with Gasteiger partial charge >= 0.3 is 0 Å². The van der Waals surface area contributed by atoms with E-state index in [0.717, 1.165) is 17.9 Å². The van der Waals surface area contributed by atoms with Crippen molar-refractivity contribution >= 4 is 22.6 Å². The number of para-hydroxylation sites is 1. The van der Waals surface area contributed by atoms with Crippen molar-refractivity contribution in [3.63, 3.8) is 0 Å². The number of alkyl halides is 1. The fourth-order valence-electron chi connectivity index (χ4n) is 2.43. The Labute approximate surface area is 127 Å². The maximum Gasteiger partial charge on any atom is 0.127 e. The number of hydrogen-bond donors (Lipinski definition) is 0. The minimum Gasteiger partial charge on any atom is -0.325 e. The minimum atomic E-state index is -0.221. The molecule has 0 saturated heterocycles. The molecule has 1 unspecified atom stereocenters. The maximum atomic E-state index is 9.21. The summed E-state index contributed by atoms with van der Waals surface area (Å²) in [7, 11) is 0. The first-order valence-electron chi connectivity index (χ1n) is 6.71. The molecule has 0 bridgehead atoms. The van der Waals surface area contributed by atoms with Crippen molar-refractivity contribution in [1.82, 2.24) is 19.3 Å². The molecule has 0 aliphatic heterocycles. The average molecular weight is 300 g/mol. The second-order valence-corrected chi connectivity index (χ2v) is 5.45. The molecule has 1 aromatic carbocycles. The number of rotatable bonds is 4. The van der Waals surface area contributed by atoms with Gasteiger partial charge in [-0.3, -0.25) is 4.68 Å². The summed E-state index contributed by atoms with van der Waals surface area (Å²) in [6.07, 6.45) is 3.68. The molecule has 21 heavy (non-hydrogen) atoms. The normalized spacial score (nSPS) is 12.4. The summed E-state index contributed by atoms with van der Waals surface area (Å²) < 4.78 is 3.93. The van der Waals surface area contributed by atoms with Gasteiger partial charge in [0.05, 0.1) is 23.0 Å². The second-order valence-electron chi connectivity index (χ2n) is 4.79. The maximum absolute atomic E-state index is 9.21. The molecule has 0 fully saturated rings. The monoisotopic (exact) mass is 299 g/mol. The van der Waals surface area contributed by atoms with E-state index in [2.05, 4.69) is 20.7 Å². The summed E-state index contributed by atoms with van der Waals surface area (Å²) in [4.78, 5) is 4.56. The molecule has 2 aromatic heterocycles. The number of aromatic nitrogens is 4. The molecule has 2 heterocycles. The van der Waals surface area contributed by atoms with E-state index in [0.29, 0.717) is 17.6 Å². The molecule has 0 spiro atoms. The van der Waals surface area contributed by atoms with Crippen LogP contribution in [-0.4, -0.2) is 19.3 Å². The van der Waals surface area contributed by atoms with Gasteiger partial charge in [-0.1, -0.05) is 6.07 Å². The van der Waals surface area contributed by atoms with E-state index >= 15 is 0 Å². The Kier molecular flexibility index (Phi) is 3.63. The van der Waals surface area contributed by atoms with E-state index in [-0.39, 0.29) is 5.38 Å². The smallest absolute Gasteiger partial charge is 0.127 e. The van der Waals surface area contributed by atoms with Crippen molar-refractivity contribution in [3.05, 3.63) is 48.0 Å². The Morgan fingerprint density at radius 2 is 2.19 bits per heavy atom. The minimum absolute atomic E-state index is 0.221. The third-order valence-corrected chi connectivity index (χ3v) is 3.59. The highest BCUT2D eigenvalue weighted by molar-refractivity contribution is 6.20. The quantitative estimate of drug-likeness (QED) is 0.696. The first-order valence-corrected chi connectivity index (χ1v) is 7.15. The largest absolute Gasteiger partial charge is 0.325 e. The first kappa shape index (κ1) is 13.7. The van der Waals surface area contributed by atoms with E-state index in [1.165, 1.54) is 0 Å². The number of aryl methyl sites for hydroxylation is 2. The summed E-state index contributed by atoms with van der Waals surface area (Å²) >= 11 is 6.25. The number of hydrogen-bond acceptors (Lipinski definition) is 3. The number of halogens is 1. The van der Waals surface area contributed by atoms with Gasteiger partial charge in [0, 0.05) is 18.9 Å². The van der Waals surface area contributed by atoms with Gasteiger partial charge in [0.15, 0.2) is 0 Å². The van der Waals surface area contributed by atoms with Crippen LogP contribution in [0.3, 0.4) is 0 Å². The summed E-state index contributed by atoms with van der Waals surface area (Å²) in [6, 6.07) is 9.69. The zero-order valence-electron chi connectivity index (χ0n) is 11.6. The molecule has 3 rings (SSSR count). The van der Waals surface area contributed by atoms with E-state index in [1.807, 2.05) is 36.0 Å². The zero-order chi connectivity index (χ0) is 14.8. The van der Waals surface area contributed by atoms with E-state index < -0.39 is 0 Å². The molecule has 3 aromatic rings. The third kappa shape index (κ3) is 2.50. The highest BCUT2D eigenvalue weighted by Gasteiger charge is 2.16. The SMILES string of the molecule is CC(Cl)c1nc2c(C#N)cccc2n1CCn1cccn1. The van der Waals surface area contributed by atoms with Crippen LogP contribution in [0.2, 0.25) is 0 Å². The number of benzene rings is 1. The Bertz CT molecular complexity index is 795. The lowest BCUT2D eigenvalue weighted by atomic mass is 10.2. The molecule has 6 heteroatoms. The molecule has 0 saturated carbocycles. The van der Waals surface area contributed by atoms with Crippen LogP contribution in [-0.2, 0) is 13.1 Å². The van der Waals surface area contributed by atoms with Crippen LogP contribution in [0, 0.1) is 11.3 Å². The van der Waals surface area contributed by atoms with Crippen LogP contribution in [0.4, 0.5) is 0 Å². The molecular formula is C15H14ClN5. The summed E-state index contributed by atoms with van der Waals surface area (Å²) in [6.45, 7) is 3.32. The van der Waals surface area contributed by atoms with E-state index in [9.17, 15) is 5.26 Å². The number of nitrogens with zero attached hydrogens (tertiary/aromatic N) is 5. The van der Waals surface area contributed by atoms with Gasteiger partial charge in [0.1, 0.15) is 17.4 Å². The van der Waals surface area contributed by atoms with Gasteiger partial charge in [-0.25, -0.2) is 4.98 Å². The fourth-order valence-corrected chi connectivity index (χ4v) is 2.60. The van der Waals surface area contributed by atoms with Crippen molar-refractivity contribution in [2.75, 3.05) is 0 Å². The van der Waals surface area contributed by atoms with Gasteiger partial charge in [-0.2, -0.15) is 10.4 Å². The lowest BCUT2D eigenvalue weighted by molar-refractivity contribution is 0.528. The van der Waals surface area contributed by atoms with Gasteiger partial charge in [0.25, 0.3) is 0 Å². The van der Waals surface area contributed by atoms with Gasteiger partial charge in [-0.15, -0.1) is 11.6 Å². The predicted molar refractivity (Wildman–Crippen MR) is 80.9 cm³/mol. The Morgan fingerprint density at radius 3 is 2.86 bits per heavy atom. The molecule has 0 aliphatic rings. The summed E-state index contributed by atoms with van der Waals surface area (Å²) in [5.74, 6) is 0.779. The fraction of sp³-hybridized carbons (Fsp3) is 0.267. The van der Waals surface area contributed by atoms with E-state index in [1.54, 1.807) is 12.3 Å². The topological polar surface area (TPSA) is 59.4 Å². The molecule has 106 valence electrons. The summed E-state index contributed by atoms with van der Waals surface area (Å²) in [5.41, 5.74) is 2.22. The molecule has 5 nitrogen and oxygen atoms in total. The molecule has 0 radical (unpaired) electrons. The van der Waals surface area contributed by atoms with Crippen LogP contribution in [0.1, 0.15) is 23.7 Å². The number of fused-ring (bicyclic) bond motifs is 1. The number of imidazole rings is 1. The lowest BCUT2D eigenvalue weighted by Crippen LogP contribution is -2.11. The van der Waals surface area contributed by atoms with Gasteiger partial charge < -0.3 is 4.57 Å². The predicted octanol–water partition coefficient (Wildman–Crippen LogP) is 3.10. The van der Waals surface area contributed by atoms with Crippen molar-refractivity contribution in [1.29, 1.82) is 5.26 Å². The molecule has 1 atom stereocenters. The van der Waals surface area contributed by atoms with Crippen molar-refractivity contribution in [3.8, 4) is 6.07 Å². The highest BCUT2D eigenvalue weighted by Crippen LogP contribution is 2.26. The first-order chi connectivity index (χ1) is 10.2. The third-order valence-electron chi connectivity index (χ3n) is 3.40. The van der Waals surface area contributed by atoms with Crippen molar-refractivity contribution in [2.45, 2.75) is 25.4 Å². The zero-order valence-corrected chi connectivity index (χ0v) is 12.3. The Hall–Kier alpha value is -2.32. The lowest BCUT2D eigenvalue weighted by Gasteiger charge is -2.10. The second kappa shape index (κ2) is 5.58. The average Bonchev–Trinajstić information content (AvgIpc) is 3.11. The summed E-state index contributed by atoms with van der Waals surface area (Å²) in [5, 5.41) is 13.2. The number of nitriles is 1. The Balaban J connectivity index is 2.06.